The van der Waals surface area contributed by atoms with Crippen molar-refractivity contribution < 1.29 is 13.9 Å². The first-order chi connectivity index (χ1) is 18.1. The van der Waals surface area contributed by atoms with Crippen LogP contribution in [-0.2, 0) is 13.0 Å². The smallest absolute Gasteiger partial charge is 0.318 e. The van der Waals surface area contributed by atoms with Crippen LogP contribution in [0.1, 0.15) is 36.9 Å². The van der Waals surface area contributed by atoms with E-state index >= 15 is 0 Å². The van der Waals surface area contributed by atoms with Crippen LogP contribution in [0.3, 0.4) is 0 Å². The lowest BCUT2D eigenvalue weighted by molar-refractivity contribution is 0.187. The predicted octanol–water partition coefficient (Wildman–Crippen LogP) is 4.61. The van der Waals surface area contributed by atoms with Gasteiger partial charge in [-0.1, -0.05) is 24.3 Å². The van der Waals surface area contributed by atoms with Crippen LogP contribution in [0.2, 0.25) is 0 Å². The largest absolute Gasteiger partial charge is 0.497 e. The van der Waals surface area contributed by atoms with Crippen molar-refractivity contribution in [3.8, 4) is 11.8 Å². The molecular weight excluding hydrogens is 469 g/mol. The standard InChI is InChI=1S/C29H36FN5O2/c1-33-17-21(30)15-22(33)19-37-29-31-26-18-35(13-10-25(26)28(32-29)34-11-6-3-7-12-34)27-16-23(36-2)14-20-8-4-5-9-24(20)27/h4-5,8-9,14,16,21-22H,3,6-7,10-13,15,17-19H2,1-2H3/t21-,22+/m1/s1. The first-order valence-electron chi connectivity index (χ1n) is 13.5. The lowest BCUT2D eigenvalue weighted by atomic mass is 10.0. The number of alkyl halides is 1. The lowest BCUT2D eigenvalue weighted by Crippen LogP contribution is -2.36. The van der Waals surface area contributed by atoms with Crippen molar-refractivity contribution in [1.29, 1.82) is 0 Å². The highest BCUT2D eigenvalue weighted by Gasteiger charge is 2.31. The van der Waals surface area contributed by atoms with Crippen molar-refractivity contribution in [2.75, 3.05) is 56.7 Å². The summed E-state index contributed by atoms with van der Waals surface area (Å²) in [6.07, 6.45) is 4.21. The van der Waals surface area contributed by atoms with Crippen LogP contribution in [0, 0.1) is 0 Å². The molecule has 2 atom stereocenters. The predicted molar refractivity (Wildman–Crippen MR) is 145 cm³/mol. The number of piperidine rings is 1. The van der Waals surface area contributed by atoms with Crippen LogP contribution in [0.15, 0.2) is 36.4 Å². The number of rotatable bonds is 6. The Bertz CT molecular complexity index is 1260. The zero-order valence-corrected chi connectivity index (χ0v) is 21.8. The number of ether oxygens (including phenoxy) is 2. The van der Waals surface area contributed by atoms with Gasteiger partial charge in [0, 0.05) is 54.9 Å². The van der Waals surface area contributed by atoms with Gasteiger partial charge in [-0.05, 0) is 50.6 Å². The third kappa shape index (κ3) is 4.91. The van der Waals surface area contributed by atoms with E-state index in [9.17, 15) is 4.39 Å². The number of hydrogen-bond acceptors (Lipinski definition) is 7. The molecular formula is C29H36FN5O2. The monoisotopic (exact) mass is 505 g/mol. The molecule has 3 aliphatic heterocycles. The summed E-state index contributed by atoms with van der Waals surface area (Å²) in [5, 5.41) is 2.37. The molecule has 2 saturated heterocycles. The van der Waals surface area contributed by atoms with Crippen molar-refractivity contribution in [1.82, 2.24) is 14.9 Å². The molecule has 0 aliphatic carbocycles. The van der Waals surface area contributed by atoms with Crippen molar-refractivity contribution in [3.05, 3.63) is 47.7 Å². The summed E-state index contributed by atoms with van der Waals surface area (Å²) < 4.78 is 25.7. The van der Waals surface area contributed by atoms with E-state index in [1.165, 1.54) is 30.2 Å². The van der Waals surface area contributed by atoms with Gasteiger partial charge in [0.25, 0.3) is 0 Å². The minimum Gasteiger partial charge on any atom is -0.497 e. The molecule has 2 fully saturated rings. The average Bonchev–Trinajstić information content (AvgIpc) is 3.27. The van der Waals surface area contributed by atoms with E-state index < -0.39 is 6.17 Å². The molecule has 8 heteroatoms. The summed E-state index contributed by atoms with van der Waals surface area (Å²) >= 11 is 0. The van der Waals surface area contributed by atoms with Crippen LogP contribution in [0.5, 0.6) is 11.8 Å². The second-order valence-corrected chi connectivity index (χ2v) is 10.6. The summed E-state index contributed by atoms with van der Waals surface area (Å²) in [6.45, 7) is 4.46. The molecule has 0 bridgehead atoms. The fourth-order valence-corrected chi connectivity index (χ4v) is 6.05. The minimum atomic E-state index is -0.793. The SMILES string of the molecule is COc1cc(N2CCc3c(nc(OC[C@@H]4C[C@@H](F)CN4C)nc3N3CCCCC3)C2)c2ccccc2c1. The highest BCUT2D eigenvalue weighted by atomic mass is 19.1. The first-order valence-corrected chi connectivity index (χ1v) is 13.5. The summed E-state index contributed by atoms with van der Waals surface area (Å²) in [5.41, 5.74) is 3.41. The zero-order chi connectivity index (χ0) is 25.4. The Morgan fingerprint density at radius 1 is 1.03 bits per heavy atom. The van der Waals surface area contributed by atoms with Gasteiger partial charge in [-0.3, -0.25) is 4.90 Å². The minimum absolute atomic E-state index is 0.0488. The highest BCUT2D eigenvalue weighted by molar-refractivity contribution is 5.95. The third-order valence-electron chi connectivity index (χ3n) is 8.11. The summed E-state index contributed by atoms with van der Waals surface area (Å²) in [7, 11) is 3.67. The third-order valence-corrected chi connectivity index (χ3v) is 8.11. The average molecular weight is 506 g/mol. The van der Waals surface area contributed by atoms with Gasteiger partial charge in [0.15, 0.2) is 0 Å². The highest BCUT2D eigenvalue weighted by Crippen LogP contribution is 2.37. The van der Waals surface area contributed by atoms with Gasteiger partial charge in [0.2, 0.25) is 0 Å². The number of fused-ring (bicyclic) bond motifs is 2. The van der Waals surface area contributed by atoms with Crippen LogP contribution < -0.4 is 19.3 Å². The van der Waals surface area contributed by atoms with Crippen molar-refractivity contribution >= 4 is 22.3 Å². The molecule has 3 aliphatic rings. The normalized spacial score (nSPS) is 22.4. The van der Waals surface area contributed by atoms with Crippen LogP contribution in [0.25, 0.3) is 10.8 Å². The molecule has 4 heterocycles. The maximum Gasteiger partial charge on any atom is 0.318 e. The van der Waals surface area contributed by atoms with Crippen LogP contribution >= 0.6 is 0 Å². The van der Waals surface area contributed by atoms with E-state index in [4.69, 9.17) is 19.4 Å². The van der Waals surface area contributed by atoms with Gasteiger partial charge in [0.1, 0.15) is 24.3 Å². The Balaban J connectivity index is 1.33. The Morgan fingerprint density at radius 3 is 2.65 bits per heavy atom. The van der Waals surface area contributed by atoms with Crippen molar-refractivity contribution in [3.63, 3.8) is 0 Å². The molecule has 3 aromatic rings. The maximum absolute atomic E-state index is 13.9. The quantitative estimate of drug-likeness (QED) is 0.485. The fourth-order valence-electron chi connectivity index (χ4n) is 6.05. The van der Waals surface area contributed by atoms with E-state index in [1.54, 1.807) is 7.11 Å². The Hall–Kier alpha value is -3.13. The number of likely N-dealkylation sites (N-methyl/N-ethyl adjacent to an activating group) is 1. The van der Waals surface area contributed by atoms with Crippen molar-refractivity contribution in [2.45, 2.75) is 50.9 Å². The number of hydrogen-bond donors (Lipinski definition) is 0. The van der Waals surface area contributed by atoms with E-state index in [0.717, 1.165) is 54.4 Å². The lowest BCUT2D eigenvalue weighted by Gasteiger charge is -2.35. The second kappa shape index (κ2) is 10.3. The molecule has 7 nitrogen and oxygen atoms in total. The van der Waals surface area contributed by atoms with Gasteiger partial charge >= 0.3 is 6.01 Å². The number of likely N-dealkylation sites (tertiary alicyclic amines) is 1. The molecule has 1 aromatic heterocycles. The summed E-state index contributed by atoms with van der Waals surface area (Å²) in [5.74, 6) is 1.88. The molecule has 37 heavy (non-hydrogen) atoms. The number of halogens is 1. The molecule has 0 saturated carbocycles. The van der Waals surface area contributed by atoms with Crippen LogP contribution in [0.4, 0.5) is 15.9 Å². The molecule has 0 amide bonds. The number of anilines is 2. The van der Waals surface area contributed by atoms with Crippen molar-refractivity contribution in [2.24, 2.45) is 0 Å². The summed E-state index contributed by atoms with van der Waals surface area (Å²) in [4.78, 5) is 16.7. The van der Waals surface area contributed by atoms with Gasteiger partial charge in [0.05, 0.1) is 19.3 Å². The van der Waals surface area contributed by atoms with Gasteiger partial charge in [-0.25, -0.2) is 4.39 Å². The fraction of sp³-hybridized carbons (Fsp3) is 0.517. The van der Waals surface area contributed by atoms with Crippen LogP contribution in [-0.4, -0.2) is 74.0 Å². The van der Waals surface area contributed by atoms with E-state index in [-0.39, 0.29) is 6.04 Å². The molecule has 0 radical (unpaired) electrons. The molecule has 0 spiro atoms. The zero-order valence-electron chi connectivity index (χ0n) is 21.8. The number of benzene rings is 2. The topological polar surface area (TPSA) is 54.0 Å². The van der Waals surface area contributed by atoms with Gasteiger partial charge in [-0.15, -0.1) is 0 Å². The van der Waals surface area contributed by atoms with E-state index in [2.05, 4.69) is 46.2 Å². The molecule has 0 unspecified atom stereocenters. The molecule has 196 valence electrons. The first kappa shape index (κ1) is 24.2. The number of methoxy groups -OCH3 is 1. The van der Waals surface area contributed by atoms with E-state index in [1.807, 2.05) is 11.9 Å². The Kier molecular flexibility index (Phi) is 6.76. The van der Waals surface area contributed by atoms with E-state index in [0.29, 0.717) is 32.1 Å². The number of nitrogens with zero attached hydrogens (tertiary/aromatic N) is 5. The molecule has 0 N–H and O–H groups in total. The summed E-state index contributed by atoms with van der Waals surface area (Å²) in [6, 6.07) is 13.1. The Labute approximate surface area is 218 Å². The molecule has 6 rings (SSSR count). The van der Waals surface area contributed by atoms with Gasteiger partial charge < -0.3 is 19.3 Å². The Morgan fingerprint density at radius 2 is 1.86 bits per heavy atom. The van der Waals surface area contributed by atoms with Gasteiger partial charge in [-0.2, -0.15) is 9.97 Å². The molecule has 2 aromatic carbocycles. The number of aromatic nitrogens is 2. The maximum atomic E-state index is 13.9. The second-order valence-electron chi connectivity index (χ2n) is 10.6.